The van der Waals surface area contributed by atoms with Crippen molar-refractivity contribution < 1.29 is 14.3 Å². The topological polar surface area (TPSA) is 58.6 Å². The first-order valence-electron chi connectivity index (χ1n) is 6.29. The fourth-order valence-corrected chi connectivity index (χ4v) is 2.29. The second kappa shape index (κ2) is 7.63. The Kier molecular flexibility index (Phi) is 6.49. The lowest BCUT2D eigenvalue weighted by Crippen LogP contribution is -2.50. The molecule has 0 radical (unpaired) electrons. The maximum absolute atomic E-state index is 12.1. The summed E-state index contributed by atoms with van der Waals surface area (Å²) < 4.78 is 5.59. The molecule has 0 saturated carbocycles. The van der Waals surface area contributed by atoms with E-state index in [1.54, 1.807) is 11.9 Å². The number of hydrogen-bond acceptors (Lipinski definition) is 4. The van der Waals surface area contributed by atoms with E-state index in [-0.39, 0.29) is 17.9 Å². The van der Waals surface area contributed by atoms with Crippen LogP contribution in [0.4, 0.5) is 0 Å². The van der Waals surface area contributed by atoms with Crippen LogP contribution in [0, 0.1) is 0 Å². The minimum atomic E-state index is -0.556. The molecule has 0 aromatic heterocycles. The van der Waals surface area contributed by atoms with E-state index in [0.29, 0.717) is 12.3 Å². The van der Waals surface area contributed by atoms with Gasteiger partial charge in [-0.15, -0.1) is 0 Å². The van der Waals surface area contributed by atoms with Gasteiger partial charge in [-0.25, -0.2) is 0 Å². The predicted octanol–water partition coefficient (Wildman–Crippen LogP) is 0.448. The summed E-state index contributed by atoms with van der Waals surface area (Å²) >= 11 is 4.10. The van der Waals surface area contributed by atoms with Crippen molar-refractivity contribution in [3.63, 3.8) is 0 Å². The number of likely N-dealkylation sites (N-methyl/N-ethyl adjacent to an activating group) is 1. The van der Waals surface area contributed by atoms with Gasteiger partial charge in [0.05, 0.1) is 6.10 Å². The van der Waals surface area contributed by atoms with Gasteiger partial charge in [-0.3, -0.25) is 9.59 Å². The Bertz CT molecular complexity index is 293. The van der Waals surface area contributed by atoms with Crippen molar-refractivity contribution in [3.8, 4) is 0 Å². The maximum atomic E-state index is 12.1. The summed E-state index contributed by atoms with van der Waals surface area (Å²) in [6, 6.07) is -0.556. The third kappa shape index (κ3) is 4.86. The number of rotatable bonds is 5. The van der Waals surface area contributed by atoms with Crippen LogP contribution in [0.25, 0.3) is 0 Å². The van der Waals surface area contributed by atoms with Crippen molar-refractivity contribution in [1.82, 2.24) is 10.2 Å². The Labute approximate surface area is 114 Å². The largest absolute Gasteiger partial charge is 0.376 e. The van der Waals surface area contributed by atoms with Crippen molar-refractivity contribution in [3.05, 3.63) is 0 Å². The monoisotopic (exact) mass is 274 g/mol. The van der Waals surface area contributed by atoms with E-state index in [4.69, 9.17) is 4.74 Å². The van der Waals surface area contributed by atoms with Crippen LogP contribution in [0.2, 0.25) is 0 Å². The number of hydrogen-bond donors (Lipinski definition) is 2. The molecule has 1 N–H and O–H groups in total. The van der Waals surface area contributed by atoms with Gasteiger partial charge in [0, 0.05) is 32.9 Å². The van der Waals surface area contributed by atoms with Crippen LogP contribution in [-0.4, -0.2) is 54.8 Å². The molecule has 0 spiro atoms. The number of carbonyl (C=O) groups excluding carboxylic acids is 2. The van der Waals surface area contributed by atoms with Gasteiger partial charge in [0.1, 0.15) is 6.04 Å². The second-order valence-corrected chi connectivity index (χ2v) is 5.01. The number of amides is 2. The zero-order chi connectivity index (χ0) is 13.5. The molecule has 5 nitrogen and oxygen atoms in total. The predicted molar refractivity (Wildman–Crippen MR) is 72.7 cm³/mol. The Morgan fingerprint density at radius 1 is 1.50 bits per heavy atom. The molecule has 2 atom stereocenters. The van der Waals surface area contributed by atoms with Crippen LogP contribution in [0.15, 0.2) is 0 Å². The molecule has 0 aromatic carbocycles. The summed E-state index contributed by atoms with van der Waals surface area (Å²) in [7, 11) is 1.73. The SMILES string of the molecule is CC(=O)NC(CS)C(=O)N(C)CC1CCCCO1. The van der Waals surface area contributed by atoms with Gasteiger partial charge >= 0.3 is 0 Å². The highest BCUT2D eigenvalue weighted by Gasteiger charge is 2.24. The standard InChI is InChI=1S/C12H22N2O3S/c1-9(15)13-11(8-18)12(16)14(2)7-10-5-3-4-6-17-10/h10-11,18H,3-8H2,1-2H3,(H,13,15). The van der Waals surface area contributed by atoms with Gasteiger partial charge in [-0.05, 0) is 19.3 Å². The molecular weight excluding hydrogens is 252 g/mol. The molecule has 0 aliphatic carbocycles. The number of thiol groups is 1. The zero-order valence-corrected chi connectivity index (χ0v) is 11.9. The van der Waals surface area contributed by atoms with Crippen molar-refractivity contribution in [2.45, 2.75) is 38.3 Å². The number of nitrogens with zero attached hydrogens (tertiary/aromatic N) is 1. The fraction of sp³-hybridized carbons (Fsp3) is 0.833. The van der Waals surface area contributed by atoms with Crippen molar-refractivity contribution in [2.24, 2.45) is 0 Å². The Hall–Kier alpha value is -0.750. The average molecular weight is 274 g/mol. The van der Waals surface area contributed by atoms with Gasteiger partial charge in [0.15, 0.2) is 0 Å². The number of ether oxygens (including phenoxy) is 1. The normalized spacial score (nSPS) is 21.2. The molecule has 104 valence electrons. The third-order valence-corrected chi connectivity index (χ3v) is 3.35. The van der Waals surface area contributed by atoms with Crippen LogP contribution in [-0.2, 0) is 14.3 Å². The zero-order valence-electron chi connectivity index (χ0n) is 11.0. The average Bonchev–Trinajstić information content (AvgIpc) is 2.36. The first-order valence-corrected chi connectivity index (χ1v) is 6.92. The van der Waals surface area contributed by atoms with Crippen LogP contribution in [0.1, 0.15) is 26.2 Å². The van der Waals surface area contributed by atoms with E-state index >= 15 is 0 Å². The molecule has 1 rings (SSSR count). The molecule has 2 unspecified atom stereocenters. The van der Waals surface area contributed by atoms with Gasteiger partial charge in [-0.2, -0.15) is 12.6 Å². The van der Waals surface area contributed by atoms with Gasteiger partial charge in [-0.1, -0.05) is 0 Å². The summed E-state index contributed by atoms with van der Waals surface area (Å²) in [6.07, 6.45) is 3.35. The highest BCUT2D eigenvalue weighted by atomic mass is 32.1. The number of nitrogens with one attached hydrogen (secondary N) is 1. The first-order chi connectivity index (χ1) is 8.54. The molecule has 1 aliphatic rings. The van der Waals surface area contributed by atoms with E-state index in [0.717, 1.165) is 25.9 Å². The van der Waals surface area contributed by atoms with Crippen molar-refractivity contribution in [2.75, 3.05) is 26.0 Å². The van der Waals surface area contributed by atoms with E-state index in [9.17, 15) is 9.59 Å². The lowest BCUT2D eigenvalue weighted by molar-refractivity contribution is -0.136. The molecular formula is C12H22N2O3S. The van der Waals surface area contributed by atoms with Gasteiger partial charge in [0.2, 0.25) is 11.8 Å². The molecule has 0 bridgehead atoms. The summed E-state index contributed by atoms with van der Waals surface area (Å²) in [6.45, 7) is 2.74. The quantitative estimate of drug-likeness (QED) is 0.716. The van der Waals surface area contributed by atoms with E-state index in [2.05, 4.69) is 17.9 Å². The minimum absolute atomic E-state index is 0.116. The molecule has 2 amide bonds. The van der Waals surface area contributed by atoms with Crippen LogP contribution in [0.5, 0.6) is 0 Å². The summed E-state index contributed by atoms with van der Waals surface area (Å²) in [5.74, 6) is -0.0343. The lowest BCUT2D eigenvalue weighted by atomic mass is 10.1. The lowest BCUT2D eigenvalue weighted by Gasteiger charge is -2.29. The Morgan fingerprint density at radius 3 is 2.72 bits per heavy atom. The fourth-order valence-electron chi connectivity index (χ4n) is 2.04. The molecule has 1 saturated heterocycles. The van der Waals surface area contributed by atoms with Crippen LogP contribution >= 0.6 is 12.6 Å². The molecule has 18 heavy (non-hydrogen) atoms. The third-order valence-electron chi connectivity index (χ3n) is 2.99. The summed E-state index contributed by atoms with van der Waals surface area (Å²) in [4.78, 5) is 24.7. The van der Waals surface area contributed by atoms with Crippen molar-refractivity contribution >= 4 is 24.4 Å². The van der Waals surface area contributed by atoms with E-state index in [1.165, 1.54) is 6.92 Å². The van der Waals surface area contributed by atoms with Crippen LogP contribution < -0.4 is 5.32 Å². The smallest absolute Gasteiger partial charge is 0.245 e. The van der Waals surface area contributed by atoms with Crippen LogP contribution in [0.3, 0.4) is 0 Å². The summed E-state index contributed by atoms with van der Waals surface area (Å²) in [5.41, 5.74) is 0. The highest BCUT2D eigenvalue weighted by molar-refractivity contribution is 7.80. The molecule has 6 heteroatoms. The molecule has 0 aromatic rings. The van der Waals surface area contributed by atoms with Crippen molar-refractivity contribution in [1.29, 1.82) is 0 Å². The number of carbonyl (C=O) groups is 2. The molecule has 1 heterocycles. The van der Waals surface area contributed by atoms with Gasteiger partial charge in [0.25, 0.3) is 0 Å². The minimum Gasteiger partial charge on any atom is -0.376 e. The Balaban J connectivity index is 2.45. The first kappa shape index (κ1) is 15.3. The summed E-state index contributed by atoms with van der Waals surface area (Å²) in [5, 5.41) is 2.60. The maximum Gasteiger partial charge on any atom is 0.245 e. The van der Waals surface area contributed by atoms with E-state index in [1.807, 2.05) is 0 Å². The Morgan fingerprint density at radius 2 is 2.22 bits per heavy atom. The molecule has 1 aliphatic heterocycles. The highest BCUT2D eigenvalue weighted by Crippen LogP contribution is 2.13. The second-order valence-electron chi connectivity index (χ2n) is 4.64. The van der Waals surface area contributed by atoms with E-state index < -0.39 is 6.04 Å². The molecule has 1 fully saturated rings. The van der Waals surface area contributed by atoms with Gasteiger partial charge < -0.3 is 15.0 Å².